The summed E-state index contributed by atoms with van der Waals surface area (Å²) in [5, 5.41) is 3.37. The molecule has 0 heterocycles. The van der Waals surface area contributed by atoms with Crippen LogP contribution in [-0.2, 0) is 11.2 Å². The summed E-state index contributed by atoms with van der Waals surface area (Å²) in [6.45, 7) is 4.10. The summed E-state index contributed by atoms with van der Waals surface area (Å²) in [7, 11) is 0. The van der Waals surface area contributed by atoms with E-state index in [-0.39, 0.29) is 5.91 Å². The minimum atomic E-state index is -0.0589. The fraction of sp³-hybridized carbons (Fsp3) is 0.188. The van der Waals surface area contributed by atoms with Gasteiger partial charge >= 0.3 is 0 Å². The molecule has 0 bridgehead atoms. The molecule has 0 aromatic heterocycles. The first-order chi connectivity index (χ1) is 9.06. The Labute approximate surface area is 118 Å². The minimum absolute atomic E-state index is 0.0589. The Bertz CT molecular complexity index is 607. The van der Waals surface area contributed by atoms with Crippen LogP contribution in [0.25, 0.3) is 0 Å². The molecule has 2 nitrogen and oxygen atoms in total. The Morgan fingerprint density at radius 1 is 1.11 bits per heavy atom. The summed E-state index contributed by atoms with van der Waals surface area (Å²) in [6.07, 6.45) is 0.354. The molecule has 0 aliphatic rings. The SMILES string of the molecule is Cc1ccc(CC(=O)Nc2ccccc2Cl)cc1C. The zero-order chi connectivity index (χ0) is 13.8. The first-order valence-electron chi connectivity index (χ1n) is 6.17. The highest BCUT2D eigenvalue weighted by atomic mass is 35.5. The van der Waals surface area contributed by atoms with Gasteiger partial charge in [0, 0.05) is 0 Å². The van der Waals surface area contributed by atoms with Crippen LogP contribution in [0.4, 0.5) is 5.69 Å². The number of carbonyl (C=O) groups excluding carboxylic acids is 1. The number of anilines is 1. The number of benzene rings is 2. The number of rotatable bonds is 3. The van der Waals surface area contributed by atoms with E-state index in [9.17, 15) is 4.79 Å². The summed E-state index contributed by atoms with van der Waals surface area (Å²) in [6, 6.07) is 13.3. The summed E-state index contributed by atoms with van der Waals surface area (Å²) >= 11 is 6.00. The van der Waals surface area contributed by atoms with Gasteiger partial charge in [-0.05, 0) is 42.7 Å². The third kappa shape index (κ3) is 3.58. The molecule has 0 saturated carbocycles. The van der Waals surface area contributed by atoms with Gasteiger partial charge in [-0.2, -0.15) is 0 Å². The Balaban J connectivity index is 2.05. The van der Waals surface area contributed by atoms with Gasteiger partial charge in [0.15, 0.2) is 0 Å². The maximum absolute atomic E-state index is 12.0. The van der Waals surface area contributed by atoms with Gasteiger partial charge in [0.1, 0.15) is 0 Å². The van der Waals surface area contributed by atoms with E-state index in [2.05, 4.69) is 12.2 Å². The summed E-state index contributed by atoms with van der Waals surface area (Å²) in [4.78, 5) is 12.0. The van der Waals surface area contributed by atoms with Crippen LogP contribution in [0, 0.1) is 13.8 Å². The Hall–Kier alpha value is -1.80. The predicted molar refractivity (Wildman–Crippen MR) is 79.7 cm³/mol. The van der Waals surface area contributed by atoms with E-state index in [1.54, 1.807) is 12.1 Å². The molecule has 0 saturated heterocycles. The summed E-state index contributed by atoms with van der Waals surface area (Å²) in [5.41, 5.74) is 4.09. The van der Waals surface area contributed by atoms with E-state index in [0.29, 0.717) is 17.1 Å². The van der Waals surface area contributed by atoms with Crippen molar-refractivity contribution in [2.24, 2.45) is 0 Å². The number of carbonyl (C=O) groups is 1. The van der Waals surface area contributed by atoms with Crippen molar-refractivity contribution >= 4 is 23.2 Å². The van der Waals surface area contributed by atoms with Crippen molar-refractivity contribution in [3.05, 3.63) is 64.2 Å². The number of para-hydroxylation sites is 1. The highest BCUT2D eigenvalue weighted by Crippen LogP contribution is 2.20. The topological polar surface area (TPSA) is 29.1 Å². The standard InChI is InChI=1S/C16H16ClNO/c1-11-7-8-13(9-12(11)2)10-16(19)18-15-6-4-3-5-14(15)17/h3-9H,10H2,1-2H3,(H,18,19). The first kappa shape index (κ1) is 13.6. The molecule has 0 spiro atoms. The molecule has 0 radical (unpaired) electrons. The van der Waals surface area contributed by atoms with Gasteiger partial charge in [-0.3, -0.25) is 4.79 Å². The predicted octanol–water partition coefficient (Wildman–Crippen LogP) is 4.14. The maximum atomic E-state index is 12.0. The molecule has 2 rings (SSSR count). The van der Waals surface area contributed by atoms with Gasteiger partial charge < -0.3 is 5.32 Å². The first-order valence-corrected chi connectivity index (χ1v) is 6.54. The molecule has 1 amide bonds. The lowest BCUT2D eigenvalue weighted by atomic mass is 10.0. The van der Waals surface area contributed by atoms with Gasteiger partial charge in [-0.1, -0.05) is 41.9 Å². The zero-order valence-corrected chi connectivity index (χ0v) is 11.8. The van der Waals surface area contributed by atoms with Gasteiger partial charge in [0.25, 0.3) is 0 Å². The molecule has 2 aromatic carbocycles. The van der Waals surface area contributed by atoms with Crippen LogP contribution >= 0.6 is 11.6 Å². The maximum Gasteiger partial charge on any atom is 0.228 e. The normalized spacial score (nSPS) is 10.3. The molecule has 0 atom stereocenters. The van der Waals surface area contributed by atoms with Crippen LogP contribution in [0.1, 0.15) is 16.7 Å². The number of amides is 1. The molecule has 0 aliphatic carbocycles. The van der Waals surface area contributed by atoms with E-state index in [1.807, 2.05) is 37.3 Å². The van der Waals surface area contributed by atoms with Crippen molar-refractivity contribution in [2.45, 2.75) is 20.3 Å². The molecule has 1 N–H and O–H groups in total. The van der Waals surface area contributed by atoms with Crippen LogP contribution in [0.15, 0.2) is 42.5 Å². The molecule has 98 valence electrons. The van der Waals surface area contributed by atoms with E-state index in [0.717, 1.165) is 5.56 Å². The average molecular weight is 274 g/mol. The van der Waals surface area contributed by atoms with E-state index >= 15 is 0 Å². The van der Waals surface area contributed by atoms with E-state index in [1.165, 1.54) is 11.1 Å². The van der Waals surface area contributed by atoms with Crippen molar-refractivity contribution in [1.29, 1.82) is 0 Å². The van der Waals surface area contributed by atoms with Crippen molar-refractivity contribution < 1.29 is 4.79 Å². The second kappa shape index (κ2) is 5.89. The number of aryl methyl sites for hydroxylation is 2. The van der Waals surface area contributed by atoms with Crippen LogP contribution in [-0.4, -0.2) is 5.91 Å². The number of nitrogens with one attached hydrogen (secondary N) is 1. The molecule has 19 heavy (non-hydrogen) atoms. The third-order valence-corrected chi connectivity index (χ3v) is 3.41. The molecule has 0 unspecified atom stereocenters. The molecule has 2 aromatic rings. The highest BCUT2D eigenvalue weighted by Gasteiger charge is 2.07. The molecular weight excluding hydrogens is 258 g/mol. The lowest BCUT2D eigenvalue weighted by Crippen LogP contribution is -2.14. The monoisotopic (exact) mass is 273 g/mol. The largest absolute Gasteiger partial charge is 0.324 e. The minimum Gasteiger partial charge on any atom is -0.324 e. The smallest absolute Gasteiger partial charge is 0.228 e. The lowest BCUT2D eigenvalue weighted by molar-refractivity contribution is -0.115. The third-order valence-electron chi connectivity index (χ3n) is 3.08. The Morgan fingerprint density at radius 2 is 1.84 bits per heavy atom. The van der Waals surface area contributed by atoms with Gasteiger partial charge in [0.05, 0.1) is 17.1 Å². The average Bonchev–Trinajstić information content (AvgIpc) is 2.37. The Kier molecular flexibility index (Phi) is 4.23. The van der Waals surface area contributed by atoms with Crippen LogP contribution in [0.3, 0.4) is 0 Å². The molecular formula is C16H16ClNO. The van der Waals surface area contributed by atoms with Crippen molar-refractivity contribution in [3.8, 4) is 0 Å². The quantitative estimate of drug-likeness (QED) is 0.895. The van der Waals surface area contributed by atoms with Crippen LogP contribution in [0.2, 0.25) is 5.02 Å². The van der Waals surface area contributed by atoms with Gasteiger partial charge in [-0.25, -0.2) is 0 Å². The molecule has 0 fully saturated rings. The van der Waals surface area contributed by atoms with E-state index in [4.69, 9.17) is 11.6 Å². The van der Waals surface area contributed by atoms with Gasteiger partial charge in [-0.15, -0.1) is 0 Å². The van der Waals surface area contributed by atoms with Crippen LogP contribution < -0.4 is 5.32 Å². The fourth-order valence-corrected chi connectivity index (χ4v) is 2.04. The second-order valence-corrected chi connectivity index (χ2v) is 5.03. The van der Waals surface area contributed by atoms with Crippen molar-refractivity contribution in [2.75, 3.05) is 5.32 Å². The van der Waals surface area contributed by atoms with Crippen molar-refractivity contribution in [1.82, 2.24) is 0 Å². The summed E-state index contributed by atoms with van der Waals surface area (Å²) in [5.74, 6) is -0.0589. The lowest BCUT2D eigenvalue weighted by Gasteiger charge is -2.08. The highest BCUT2D eigenvalue weighted by molar-refractivity contribution is 6.33. The summed E-state index contributed by atoms with van der Waals surface area (Å²) < 4.78 is 0. The number of hydrogen-bond donors (Lipinski definition) is 1. The second-order valence-electron chi connectivity index (χ2n) is 4.62. The van der Waals surface area contributed by atoms with Crippen molar-refractivity contribution in [3.63, 3.8) is 0 Å². The van der Waals surface area contributed by atoms with Gasteiger partial charge in [0.2, 0.25) is 5.91 Å². The Morgan fingerprint density at radius 3 is 2.53 bits per heavy atom. The fourth-order valence-electron chi connectivity index (χ4n) is 1.86. The zero-order valence-electron chi connectivity index (χ0n) is 11.0. The molecule has 0 aliphatic heterocycles. The number of hydrogen-bond acceptors (Lipinski definition) is 1. The number of halogens is 1. The van der Waals surface area contributed by atoms with E-state index < -0.39 is 0 Å². The van der Waals surface area contributed by atoms with Crippen LogP contribution in [0.5, 0.6) is 0 Å². The molecule has 3 heteroatoms.